The van der Waals surface area contributed by atoms with Crippen LogP contribution in [0.1, 0.15) is 46.1 Å². The smallest absolute Gasteiger partial charge is 0.407 e. The van der Waals surface area contributed by atoms with Gasteiger partial charge in [-0.1, -0.05) is 0 Å². The zero-order valence-electron chi connectivity index (χ0n) is 14.1. The third-order valence-corrected chi connectivity index (χ3v) is 3.83. The second kappa shape index (κ2) is 7.13. The lowest BCUT2D eigenvalue weighted by Crippen LogP contribution is -2.47. The van der Waals surface area contributed by atoms with Gasteiger partial charge in [0.2, 0.25) is 0 Å². The predicted octanol–water partition coefficient (Wildman–Crippen LogP) is 2.35. The Hall–Kier alpha value is -1.56. The molecule has 0 aromatic carbocycles. The predicted molar refractivity (Wildman–Crippen MR) is 85.7 cm³/mol. The molecule has 1 aromatic rings. The molecule has 1 aromatic heterocycles. The number of amides is 1. The highest BCUT2D eigenvalue weighted by atomic mass is 16.5. The first-order valence-corrected chi connectivity index (χ1v) is 8.08. The molecule has 1 atom stereocenters. The van der Waals surface area contributed by atoms with Crippen molar-refractivity contribution in [3.05, 3.63) is 18.0 Å². The number of alkyl carbamates (subject to hydrolysis) is 1. The van der Waals surface area contributed by atoms with Gasteiger partial charge in [0.25, 0.3) is 0 Å². The molecule has 6 nitrogen and oxygen atoms in total. The molecule has 0 aliphatic carbocycles. The molecule has 1 fully saturated rings. The van der Waals surface area contributed by atoms with Gasteiger partial charge in [0.1, 0.15) is 0 Å². The van der Waals surface area contributed by atoms with Crippen LogP contribution in [0.3, 0.4) is 0 Å². The topological polar surface area (TPSA) is 59.4 Å². The number of piperidine rings is 1. The highest BCUT2D eigenvalue weighted by Gasteiger charge is 2.22. The van der Waals surface area contributed by atoms with Crippen molar-refractivity contribution in [1.29, 1.82) is 0 Å². The van der Waals surface area contributed by atoms with Crippen LogP contribution >= 0.6 is 0 Å². The Morgan fingerprint density at radius 1 is 1.50 bits per heavy atom. The van der Waals surface area contributed by atoms with Crippen LogP contribution in [0.15, 0.2) is 12.4 Å². The van der Waals surface area contributed by atoms with Gasteiger partial charge in [-0.05, 0) is 47.1 Å². The minimum atomic E-state index is -0.310. The van der Waals surface area contributed by atoms with Gasteiger partial charge in [-0.3, -0.25) is 9.58 Å². The summed E-state index contributed by atoms with van der Waals surface area (Å²) in [7, 11) is 0. The van der Waals surface area contributed by atoms with Crippen molar-refractivity contribution in [1.82, 2.24) is 20.0 Å². The lowest BCUT2D eigenvalue weighted by atomic mass is 10.1. The molecule has 22 heavy (non-hydrogen) atoms. The average Bonchev–Trinajstić information content (AvgIpc) is 2.88. The fourth-order valence-electron chi connectivity index (χ4n) is 2.72. The van der Waals surface area contributed by atoms with Crippen molar-refractivity contribution in [3.63, 3.8) is 0 Å². The Morgan fingerprint density at radius 2 is 2.27 bits per heavy atom. The minimum absolute atomic E-state index is 0.00808. The van der Waals surface area contributed by atoms with Gasteiger partial charge in [-0.2, -0.15) is 5.10 Å². The maximum atomic E-state index is 11.5. The summed E-state index contributed by atoms with van der Waals surface area (Å²) >= 11 is 0. The highest BCUT2D eigenvalue weighted by molar-refractivity contribution is 5.67. The number of likely N-dealkylation sites (tertiary alicyclic amines) is 1. The van der Waals surface area contributed by atoms with Gasteiger partial charge in [-0.15, -0.1) is 0 Å². The Balaban J connectivity index is 1.87. The molecule has 124 valence electrons. The van der Waals surface area contributed by atoms with E-state index in [0.29, 0.717) is 6.61 Å². The first-order valence-electron chi connectivity index (χ1n) is 8.08. The molecule has 1 amide bonds. The van der Waals surface area contributed by atoms with Crippen LogP contribution in [0.5, 0.6) is 0 Å². The van der Waals surface area contributed by atoms with Crippen LogP contribution in [0.2, 0.25) is 0 Å². The monoisotopic (exact) mass is 308 g/mol. The first kappa shape index (κ1) is 16.8. The van der Waals surface area contributed by atoms with Gasteiger partial charge in [0.05, 0.1) is 18.3 Å². The van der Waals surface area contributed by atoms with E-state index in [4.69, 9.17) is 4.74 Å². The summed E-state index contributed by atoms with van der Waals surface area (Å²) < 4.78 is 6.96. The maximum Gasteiger partial charge on any atom is 0.407 e. The van der Waals surface area contributed by atoms with Crippen molar-refractivity contribution in [2.45, 2.75) is 58.7 Å². The fraction of sp³-hybridized carbons (Fsp3) is 0.750. The van der Waals surface area contributed by atoms with E-state index in [1.807, 2.05) is 17.8 Å². The Kier molecular flexibility index (Phi) is 5.45. The lowest BCUT2D eigenvalue weighted by Gasteiger charge is -2.32. The molecule has 1 aliphatic heterocycles. The summed E-state index contributed by atoms with van der Waals surface area (Å²) in [6, 6.07) is 0.172. The number of aromatic nitrogens is 2. The van der Waals surface area contributed by atoms with Crippen molar-refractivity contribution in [2.24, 2.45) is 0 Å². The molecular formula is C16H28N4O2. The molecule has 0 saturated carbocycles. The molecular weight excluding hydrogens is 280 g/mol. The fourth-order valence-corrected chi connectivity index (χ4v) is 2.72. The van der Waals surface area contributed by atoms with E-state index < -0.39 is 0 Å². The lowest BCUT2D eigenvalue weighted by molar-refractivity contribution is 0.132. The van der Waals surface area contributed by atoms with E-state index in [1.165, 1.54) is 5.56 Å². The molecule has 0 bridgehead atoms. The number of hydrogen-bond donors (Lipinski definition) is 1. The van der Waals surface area contributed by atoms with E-state index in [2.05, 4.69) is 42.3 Å². The molecule has 1 aliphatic rings. The summed E-state index contributed by atoms with van der Waals surface area (Å²) in [5, 5.41) is 7.39. The van der Waals surface area contributed by atoms with Gasteiger partial charge >= 0.3 is 6.09 Å². The minimum Gasteiger partial charge on any atom is -0.450 e. The molecule has 1 N–H and O–H groups in total. The second-order valence-corrected chi connectivity index (χ2v) is 6.90. The zero-order valence-corrected chi connectivity index (χ0v) is 14.1. The molecule has 0 spiro atoms. The molecule has 2 heterocycles. The SMILES string of the molecule is CCOC(=O)N[C@H]1CCCN(Cc2cnn(C(C)(C)C)c2)C1. The van der Waals surface area contributed by atoms with Gasteiger partial charge in [0, 0.05) is 30.9 Å². The Labute approximate surface area is 132 Å². The number of nitrogens with one attached hydrogen (secondary N) is 1. The maximum absolute atomic E-state index is 11.5. The zero-order chi connectivity index (χ0) is 16.2. The Morgan fingerprint density at radius 3 is 2.91 bits per heavy atom. The molecule has 1 saturated heterocycles. The average molecular weight is 308 g/mol. The summed E-state index contributed by atoms with van der Waals surface area (Å²) in [6.07, 6.45) is 5.84. The second-order valence-electron chi connectivity index (χ2n) is 6.90. The largest absolute Gasteiger partial charge is 0.450 e. The van der Waals surface area contributed by atoms with E-state index in [0.717, 1.165) is 32.5 Å². The summed E-state index contributed by atoms with van der Waals surface area (Å²) in [4.78, 5) is 13.9. The van der Waals surface area contributed by atoms with Crippen molar-refractivity contribution < 1.29 is 9.53 Å². The van der Waals surface area contributed by atoms with Crippen molar-refractivity contribution >= 4 is 6.09 Å². The van der Waals surface area contributed by atoms with Crippen LogP contribution in [0, 0.1) is 0 Å². The highest BCUT2D eigenvalue weighted by Crippen LogP contribution is 2.17. The van der Waals surface area contributed by atoms with E-state index in [-0.39, 0.29) is 17.7 Å². The van der Waals surface area contributed by atoms with Crippen LogP contribution in [-0.4, -0.2) is 46.5 Å². The number of carbonyl (C=O) groups excluding carboxylic acids is 1. The number of rotatable bonds is 4. The van der Waals surface area contributed by atoms with Gasteiger partial charge in [-0.25, -0.2) is 4.79 Å². The summed E-state index contributed by atoms with van der Waals surface area (Å²) in [5.41, 5.74) is 1.22. The first-order chi connectivity index (χ1) is 10.4. The van der Waals surface area contributed by atoms with Crippen LogP contribution < -0.4 is 5.32 Å². The van der Waals surface area contributed by atoms with Crippen molar-refractivity contribution in [2.75, 3.05) is 19.7 Å². The summed E-state index contributed by atoms with van der Waals surface area (Å²) in [6.45, 7) is 11.4. The van der Waals surface area contributed by atoms with Crippen LogP contribution in [0.4, 0.5) is 4.79 Å². The molecule has 0 unspecified atom stereocenters. The van der Waals surface area contributed by atoms with Gasteiger partial charge in [0.15, 0.2) is 0 Å². The van der Waals surface area contributed by atoms with E-state index in [9.17, 15) is 4.79 Å². The van der Waals surface area contributed by atoms with Gasteiger partial charge < -0.3 is 10.1 Å². The summed E-state index contributed by atoms with van der Waals surface area (Å²) in [5.74, 6) is 0. The third kappa shape index (κ3) is 4.73. The normalized spacial score (nSPS) is 19.9. The van der Waals surface area contributed by atoms with Crippen molar-refractivity contribution in [3.8, 4) is 0 Å². The third-order valence-electron chi connectivity index (χ3n) is 3.83. The van der Waals surface area contributed by atoms with Crippen LogP contribution in [0.25, 0.3) is 0 Å². The molecule has 6 heteroatoms. The Bertz CT molecular complexity index is 493. The van der Waals surface area contributed by atoms with E-state index >= 15 is 0 Å². The van der Waals surface area contributed by atoms with Crippen LogP contribution in [-0.2, 0) is 16.8 Å². The quantitative estimate of drug-likeness (QED) is 0.927. The molecule has 0 radical (unpaired) electrons. The number of ether oxygens (including phenoxy) is 1. The van der Waals surface area contributed by atoms with E-state index in [1.54, 1.807) is 0 Å². The number of nitrogens with zero attached hydrogens (tertiary/aromatic N) is 3. The molecule has 2 rings (SSSR count). The number of carbonyl (C=O) groups is 1. The standard InChI is InChI=1S/C16H28N4O2/c1-5-22-15(21)18-14-7-6-8-19(12-14)10-13-9-17-20(11-13)16(2,3)4/h9,11,14H,5-8,10,12H2,1-4H3,(H,18,21)/t14-/m0/s1. The number of hydrogen-bond acceptors (Lipinski definition) is 4.